The van der Waals surface area contributed by atoms with Crippen LogP contribution in [0.4, 0.5) is 5.82 Å². The van der Waals surface area contributed by atoms with Crippen LogP contribution in [0.25, 0.3) is 0 Å². The van der Waals surface area contributed by atoms with Gasteiger partial charge in [-0.15, -0.1) is 0 Å². The van der Waals surface area contributed by atoms with Crippen molar-refractivity contribution >= 4 is 5.82 Å². The van der Waals surface area contributed by atoms with Crippen molar-refractivity contribution in [1.82, 2.24) is 9.55 Å². The molecule has 19 heavy (non-hydrogen) atoms. The fraction of sp³-hybridized carbons (Fsp3) is 0.636. The maximum atomic E-state index is 11.8. The smallest absolute Gasteiger partial charge is 0.351 e. The highest BCUT2D eigenvalue weighted by Gasteiger charge is 2.54. The molecule has 4 atom stereocenters. The van der Waals surface area contributed by atoms with Crippen LogP contribution in [0.15, 0.2) is 17.1 Å². The third kappa shape index (κ3) is 2.23. The quantitative estimate of drug-likeness (QED) is 0.610. The molecule has 0 spiro atoms. The summed E-state index contributed by atoms with van der Waals surface area (Å²) in [5.41, 5.74) is 3.29. The molecule has 1 aliphatic rings. The molecule has 2 heterocycles. The van der Waals surface area contributed by atoms with Crippen molar-refractivity contribution < 1.29 is 19.7 Å². The molecule has 2 rings (SSSR count). The maximum Gasteiger partial charge on any atom is 0.351 e. The predicted octanol–water partition coefficient (Wildman–Crippen LogP) is -1.52. The molecule has 0 radical (unpaired) electrons. The van der Waals surface area contributed by atoms with E-state index < -0.39 is 29.7 Å². The summed E-state index contributed by atoms with van der Waals surface area (Å²) in [5, 5.41) is 19.7. The van der Waals surface area contributed by atoms with Crippen molar-refractivity contribution in [2.24, 2.45) is 0 Å². The van der Waals surface area contributed by atoms with Crippen LogP contribution >= 0.6 is 0 Å². The van der Waals surface area contributed by atoms with Gasteiger partial charge in [0, 0.05) is 13.3 Å². The van der Waals surface area contributed by atoms with Gasteiger partial charge in [0.1, 0.15) is 23.6 Å². The number of hydrogen-bond acceptors (Lipinski definition) is 7. The number of nitrogens with zero attached hydrogens (tertiary/aromatic N) is 2. The van der Waals surface area contributed by atoms with Gasteiger partial charge in [0.25, 0.3) is 0 Å². The minimum Gasteiger partial charge on any atom is -0.394 e. The molecule has 0 aromatic carbocycles. The Morgan fingerprint density at radius 1 is 1.68 bits per heavy atom. The number of anilines is 1. The molecule has 8 heteroatoms. The van der Waals surface area contributed by atoms with Crippen LogP contribution in [-0.4, -0.2) is 51.3 Å². The SMILES string of the molecule is CO[C@@H]1[C@@H](CO)O[C@@H](n2ccc(N)nc2=O)[C@]1(C)O. The average molecular weight is 271 g/mol. The molecular weight excluding hydrogens is 254 g/mol. The number of ether oxygens (including phenoxy) is 2. The Kier molecular flexibility index (Phi) is 3.59. The third-order valence-electron chi connectivity index (χ3n) is 3.26. The summed E-state index contributed by atoms with van der Waals surface area (Å²) < 4.78 is 11.8. The number of hydrogen-bond donors (Lipinski definition) is 3. The number of nitrogens with two attached hydrogens (primary N) is 1. The third-order valence-corrected chi connectivity index (χ3v) is 3.26. The molecule has 106 valence electrons. The van der Waals surface area contributed by atoms with Crippen LogP contribution in [0.3, 0.4) is 0 Å². The summed E-state index contributed by atoms with van der Waals surface area (Å²) in [6, 6.07) is 1.43. The second-order valence-electron chi connectivity index (χ2n) is 4.63. The van der Waals surface area contributed by atoms with E-state index in [9.17, 15) is 15.0 Å². The van der Waals surface area contributed by atoms with Crippen molar-refractivity contribution in [1.29, 1.82) is 0 Å². The molecule has 1 aromatic rings. The summed E-state index contributed by atoms with van der Waals surface area (Å²) in [6.07, 6.45) is -1.10. The molecule has 0 saturated carbocycles. The molecule has 4 N–H and O–H groups in total. The van der Waals surface area contributed by atoms with Gasteiger partial charge in [-0.05, 0) is 13.0 Å². The summed E-state index contributed by atoms with van der Waals surface area (Å²) >= 11 is 0. The lowest BCUT2D eigenvalue weighted by atomic mass is 9.96. The van der Waals surface area contributed by atoms with E-state index in [0.29, 0.717) is 0 Å². The van der Waals surface area contributed by atoms with Gasteiger partial charge in [0.05, 0.1) is 6.61 Å². The van der Waals surface area contributed by atoms with Crippen molar-refractivity contribution in [2.45, 2.75) is 31.0 Å². The van der Waals surface area contributed by atoms with E-state index in [0.717, 1.165) is 4.57 Å². The lowest BCUT2D eigenvalue weighted by Crippen LogP contribution is -2.47. The first kappa shape index (κ1) is 13.9. The van der Waals surface area contributed by atoms with Crippen molar-refractivity contribution in [2.75, 3.05) is 19.5 Å². The summed E-state index contributed by atoms with van der Waals surface area (Å²) in [5.74, 6) is 0.0842. The Bertz CT molecular complexity index is 515. The van der Waals surface area contributed by atoms with Crippen LogP contribution in [0.1, 0.15) is 13.2 Å². The summed E-state index contributed by atoms with van der Waals surface area (Å²) in [7, 11) is 1.40. The number of methoxy groups -OCH3 is 1. The van der Waals surface area contributed by atoms with Crippen LogP contribution in [-0.2, 0) is 9.47 Å². The number of nitrogen functional groups attached to an aromatic ring is 1. The van der Waals surface area contributed by atoms with E-state index in [1.807, 2.05) is 0 Å². The molecule has 1 saturated heterocycles. The van der Waals surface area contributed by atoms with Crippen LogP contribution in [0, 0.1) is 0 Å². The number of rotatable bonds is 3. The first-order valence-corrected chi connectivity index (χ1v) is 5.78. The number of aliphatic hydroxyl groups is 2. The minimum atomic E-state index is -1.48. The summed E-state index contributed by atoms with van der Waals surface area (Å²) in [4.78, 5) is 15.4. The van der Waals surface area contributed by atoms with Gasteiger partial charge in [-0.1, -0.05) is 0 Å². The van der Waals surface area contributed by atoms with E-state index in [-0.39, 0.29) is 12.4 Å². The highest BCUT2D eigenvalue weighted by Crippen LogP contribution is 2.38. The second-order valence-corrected chi connectivity index (χ2v) is 4.63. The van der Waals surface area contributed by atoms with Crippen molar-refractivity contribution in [3.63, 3.8) is 0 Å². The Hall–Kier alpha value is -1.48. The minimum absolute atomic E-state index is 0.0842. The molecule has 0 amide bonds. The zero-order chi connectivity index (χ0) is 14.2. The lowest BCUT2D eigenvalue weighted by Gasteiger charge is -2.29. The standard InChI is InChI=1S/C11H17N3O5/c1-11(17)8(18-2)6(5-15)19-9(11)14-4-3-7(12)13-10(14)16/h3-4,6,8-9,15,17H,5H2,1-2H3,(H2,12,13,16)/t6-,8-,9-,11-/m1/s1. The largest absolute Gasteiger partial charge is 0.394 e. The van der Waals surface area contributed by atoms with Gasteiger partial charge in [-0.2, -0.15) is 4.98 Å². The Balaban J connectivity index is 2.42. The van der Waals surface area contributed by atoms with E-state index in [1.54, 1.807) is 0 Å². The average Bonchev–Trinajstić information content (AvgIpc) is 2.60. The molecule has 0 unspecified atom stereocenters. The molecule has 1 aliphatic heterocycles. The van der Waals surface area contributed by atoms with E-state index in [1.165, 1.54) is 26.3 Å². The first-order valence-electron chi connectivity index (χ1n) is 5.78. The Morgan fingerprint density at radius 3 is 2.84 bits per heavy atom. The zero-order valence-corrected chi connectivity index (χ0v) is 10.7. The van der Waals surface area contributed by atoms with Gasteiger partial charge in [0.2, 0.25) is 0 Å². The van der Waals surface area contributed by atoms with Crippen molar-refractivity contribution in [3.8, 4) is 0 Å². The Labute approximate surface area is 109 Å². The maximum absolute atomic E-state index is 11.8. The van der Waals surface area contributed by atoms with Crippen LogP contribution < -0.4 is 11.4 Å². The fourth-order valence-electron chi connectivity index (χ4n) is 2.37. The normalized spacial score (nSPS) is 34.6. The van der Waals surface area contributed by atoms with Gasteiger partial charge in [0.15, 0.2) is 6.23 Å². The topological polar surface area (TPSA) is 120 Å². The molecule has 0 aliphatic carbocycles. The van der Waals surface area contributed by atoms with E-state index in [4.69, 9.17) is 15.2 Å². The highest BCUT2D eigenvalue weighted by atomic mass is 16.6. The predicted molar refractivity (Wildman–Crippen MR) is 65.3 cm³/mol. The monoisotopic (exact) mass is 271 g/mol. The molecule has 1 fully saturated rings. The lowest BCUT2D eigenvalue weighted by molar-refractivity contribution is -0.104. The second kappa shape index (κ2) is 4.89. The first-order chi connectivity index (χ1) is 8.91. The number of aliphatic hydroxyl groups excluding tert-OH is 1. The van der Waals surface area contributed by atoms with Gasteiger partial charge in [-0.25, -0.2) is 4.79 Å². The van der Waals surface area contributed by atoms with Gasteiger partial charge in [-0.3, -0.25) is 4.57 Å². The van der Waals surface area contributed by atoms with Gasteiger partial charge >= 0.3 is 5.69 Å². The van der Waals surface area contributed by atoms with Crippen molar-refractivity contribution in [3.05, 3.63) is 22.7 Å². The molecule has 1 aromatic heterocycles. The van der Waals surface area contributed by atoms with E-state index >= 15 is 0 Å². The molecular formula is C11H17N3O5. The molecule has 0 bridgehead atoms. The fourth-order valence-corrected chi connectivity index (χ4v) is 2.37. The van der Waals surface area contributed by atoms with E-state index in [2.05, 4.69) is 4.98 Å². The Morgan fingerprint density at radius 2 is 2.37 bits per heavy atom. The molecule has 8 nitrogen and oxygen atoms in total. The zero-order valence-electron chi connectivity index (χ0n) is 10.7. The number of aromatic nitrogens is 2. The van der Waals surface area contributed by atoms with Gasteiger partial charge < -0.3 is 25.4 Å². The van der Waals surface area contributed by atoms with Crippen LogP contribution in [0.5, 0.6) is 0 Å². The van der Waals surface area contributed by atoms with Crippen LogP contribution in [0.2, 0.25) is 0 Å². The highest BCUT2D eigenvalue weighted by molar-refractivity contribution is 5.23. The summed E-state index contributed by atoms with van der Waals surface area (Å²) in [6.45, 7) is 1.15.